The molecule has 3 rings (SSSR count). The van der Waals surface area contributed by atoms with Crippen molar-refractivity contribution in [3.8, 4) is 0 Å². The topological polar surface area (TPSA) is 18.5 Å². The van der Waals surface area contributed by atoms with Crippen LogP contribution in [0.5, 0.6) is 0 Å². The Morgan fingerprint density at radius 2 is 1.80 bits per heavy atom. The predicted molar refractivity (Wildman–Crippen MR) is 86.5 cm³/mol. The Morgan fingerprint density at radius 3 is 2.40 bits per heavy atom. The van der Waals surface area contributed by atoms with Gasteiger partial charge >= 0.3 is 0 Å². The maximum Gasteiger partial charge on any atom is 0.0320 e. The lowest BCUT2D eigenvalue weighted by Gasteiger charge is -2.40. The first kappa shape index (κ1) is 15.8. The van der Waals surface area contributed by atoms with Gasteiger partial charge in [0.15, 0.2) is 0 Å². The van der Waals surface area contributed by atoms with Gasteiger partial charge in [0.25, 0.3) is 0 Å². The van der Waals surface area contributed by atoms with E-state index in [1.54, 1.807) is 0 Å². The highest BCUT2D eigenvalue weighted by atomic mass is 35.5. The summed E-state index contributed by atoms with van der Waals surface area (Å²) in [4.78, 5) is 5.29. The summed E-state index contributed by atoms with van der Waals surface area (Å²) >= 11 is 0. The van der Waals surface area contributed by atoms with E-state index in [9.17, 15) is 0 Å². The van der Waals surface area contributed by atoms with E-state index in [-0.39, 0.29) is 12.4 Å². The molecule has 1 aromatic rings. The molecule has 2 aliphatic rings. The van der Waals surface area contributed by atoms with Crippen molar-refractivity contribution in [3.05, 3.63) is 35.9 Å². The van der Waals surface area contributed by atoms with Crippen molar-refractivity contribution in [3.63, 3.8) is 0 Å². The van der Waals surface area contributed by atoms with Gasteiger partial charge in [-0.05, 0) is 25.5 Å². The van der Waals surface area contributed by atoms with Gasteiger partial charge < -0.3 is 5.32 Å². The number of hydrogen-bond acceptors (Lipinski definition) is 3. The standard InChI is InChI=1S/C16H25N3.ClH/c1-14(15-5-3-2-4-6-15)18-9-11-19(12-10-18)16-7-8-17-13-16;/h2-6,14,16-17H,7-13H2,1H3;1H. The molecule has 1 N–H and O–H groups in total. The second kappa shape index (κ2) is 7.41. The number of nitrogens with one attached hydrogen (secondary N) is 1. The second-order valence-electron chi connectivity index (χ2n) is 5.81. The van der Waals surface area contributed by atoms with E-state index in [0.717, 1.165) is 6.04 Å². The molecule has 1 aromatic carbocycles. The third kappa shape index (κ3) is 3.53. The highest BCUT2D eigenvalue weighted by molar-refractivity contribution is 5.85. The monoisotopic (exact) mass is 295 g/mol. The van der Waals surface area contributed by atoms with Crippen molar-refractivity contribution in [1.82, 2.24) is 15.1 Å². The molecule has 2 fully saturated rings. The van der Waals surface area contributed by atoms with Crippen LogP contribution in [0.4, 0.5) is 0 Å². The lowest BCUT2D eigenvalue weighted by molar-refractivity contribution is 0.0787. The average molecular weight is 296 g/mol. The molecule has 0 amide bonds. The van der Waals surface area contributed by atoms with E-state index in [1.165, 1.54) is 51.3 Å². The van der Waals surface area contributed by atoms with Crippen molar-refractivity contribution >= 4 is 12.4 Å². The van der Waals surface area contributed by atoms with Gasteiger partial charge in [0.2, 0.25) is 0 Å². The fourth-order valence-electron chi connectivity index (χ4n) is 3.38. The van der Waals surface area contributed by atoms with Crippen molar-refractivity contribution in [2.24, 2.45) is 0 Å². The number of benzene rings is 1. The van der Waals surface area contributed by atoms with E-state index in [2.05, 4.69) is 52.4 Å². The molecule has 2 saturated heterocycles. The molecule has 0 aliphatic carbocycles. The van der Waals surface area contributed by atoms with Crippen LogP contribution < -0.4 is 5.32 Å². The molecular weight excluding hydrogens is 270 g/mol. The summed E-state index contributed by atoms with van der Waals surface area (Å²) in [6.07, 6.45) is 1.33. The maximum atomic E-state index is 3.47. The largest absolute Gasteiger partial charge is 0.315 e. The van der Waals surface area contributed by atoms with Crippen LogP contribution in [0.15, 0.2) is 30.3 Å². The zero-order chi connectivity index (χ0) is 13.1. The summed E-state index contributed by atoms with van der Waals surface area (Å²) in [5.41, 5.74) is 1.44. The molecule has 2 aliphatic heterocycles. The third-order valence-corrected chi connectivity index (χ3v) is 4.73. The Kier molecular flexibility index (Phi) is 5.85. The van der Waals surface area contributed by atoms with Gasteiger partial charge in [0.05, 0.1) is 0 Å². The average Bonchev–Trinajstić information content (AvgIpc) is 3.02. The van der Waals surface area contributed by atoms with E-state index in [0.29, 0.717) is 6.04 Å². The molecule has 0 aromatic heterocycles. The fourth-order valence-corrected chi connectivity index (χ4v) is 3.38. The highest BCUT2D eigenvalue weighted by Gasteiger charge is 2.27. The molecule has 4 heteroatoms. The number of nitrogens with zero attached hydrogens (tertiary/aromatic N) is 2. The Bertz CT molecular complexity index is 384. The number of rotatable bonds is 3. The van der Waals surface area contributed by atoms with Gasteiger partial charge in [-0.3, -0.25) is 9.80 Å². The van der Waals surface area contributed by atoms with Crippen LogP contribution in [0, 0.1) is 0 Å². The van der Waals surface area contributed by atoms with Crippen molar-refractivity contribution in [2.45, 2.75) is 25.4 Å². The van der Waals surface area contributed by atoms with E-state index in [1.807, 2.05) is 0 Å². The second-order valence-corrected chi connectivity index (χ2v) is 5.81. The van der Waals surface area contributed by atoms with Crippen molar-refractivity contribution in [2.75, 3.05) is 39.3 Å². The normalized spacial score (nSPS) is 26.1. The van der Waals surface area contributed by atoms with Gasteiger partial charge in [-0.2, -0.15) is 0 Å². The summed E-state index contributed by atoms with van der Waals surface area (Å²) in [7, 11) is 0. The summed E-state index contributed by atoms with van der Waals surface area (Å²) in [6, 6.07) is 12.2. The molecular formula is C16H26ClN3. The first-order valence-electron chi connectivity index (χ1n) is 7.58. The Balaban J connectivity index is 0.00000147. The molecule has 0 saturated carbocycles. The molecule has 112 valence electrons. The minimum absolute atomic E-state index is 0. The summed E-state index contributed by atoms with van der Waals surface area (Å²) in [6.45, 7) is 9.58. The van der Waals surface area contributed by atoms with Crippen LogP contribution in [0.1, 0.15) is 24.9 Å². The van der Waals surface area contributed by atoms with E-state index in [4.69, 9.17) is 0 Å². The molecule has 20 heavy (non-hydrogen) atoms. The Hall–Kier alpha value is -0.610. The Labute approximate surface area is 128 Å². The molecule has 0 spiro atoms. The van der Waals surface area contributed by atoms with Crippen LogP contribution in [-0.4, -0.2) is 55.1 Å². The van der Waals surface area contributed by atoms with Crippen LogP contribution in [0.3, 0.4) is 0 Å². The zero-order valence-electron chi connectivity index (χ0n) is 12.3. The molecule has 3 nitrogen and oxygen atoms in total. The van der Waals surface area contributed by atoms with Gasteiger partial charge in [-0.1, -0.05) is 30.3 Å². The fraction of sp³-hybridized carbons (Fsp3) is 0.625. The first-order chi connectivity index (χ1) is 9.34. The molecule has 2 atom stereocenters. The summed E-state index contributed by atoms with van der Waals surface area (Å²) in [5.74, 6) is 0. The summed E-state index contributed by atoms with van der Waals surface area (Å²) in [5, 5.41) is 3.47. The van der Waals surface area contributed by atoms with Crippen molar-refractivity contribution in [1.29, 1.82) is 0 Å². The third-order valence-electron chi connectivity index (χ3n) is 4.73. The Morgan fingerprint density at radius 1 is 1.10 bits per heavy atom. The maximum absolute atomic E-state index is 3.47. The van der Waals surface area contributed by atoms with Gasteiger partial charge in [0, 0.05) is 44.8 Å². The van der Waals surface area contributed by atoms with Crippen LogP contribution in [0.2, 0.25) is 0 Å². The van der Waals surface area contributed by atoms with E-state index < -0.39 is 0 Å². The molecule has 0 radical (unpaired) electrons. The zero-order valence-corrected chi connectivity index (χ0v) is 13.1. The lowest BCUT2D eigenvalue weighted by atomic mass is 10.1. The van der Waals surface area contributed by atoms with Gasteiger partial charge in [0.1, 0.15) is 0 Å². The van der Waals surface area contributed by atoms with Gasteiger partial charge in [-0.15, -0.1) is 12.4 Å². The lowest BCUT2D eigenvalue weighted by Crippen LogP contribution is -2.51. The van der Waals surface area contributed by atoms with Crippen molar-refractivity contribution < 1.29 is 0 Å². The van der Waals surface area contributed by atoms with Gasteiger partial charge in [-0.25, -0.2) is 0 Å². The van der Waals surface area contributed by atoms with Crippen LogP contribution in [-0.2, 0) is 0 Å². The minimum Gasteiger partial charge on any atom is -0.315 e. The molecule has 2 heterocycles. The summed E-state index contributed by atoms with van der Waals surface area (Å²) < 4.78 is 0. The molecule has 0 bridgehead atoms. The SMILES string of the molecule is CC(c1ccccc1)N1CCN(C2CCNC2)CC1.Cl. The first-order valence-corrected chi connectivity index (χ1v) is 7.58. The predicted octanol–water partition coefficient (Wildman–Crippen LogP) is 2.15. The highest BCUT2D eigenvalue weighted by Crippen LogP contribution is 2.22. The van der Waals surface area contributed by atoms with Crippen LogP contribution in [0.25, 0.3) is 0 Å². The number of halogens is 1. The van der Waals surface area contributed by atoms with E-state index >= 15 is 0 Å². The molecule has 2 unspecified atom stereocenters. The van der Waals surface area contributed by atoms with Crippen LogP contribution >= 0.6 is 12.4 Å². The quantitative estimate of drug-likeness (QED) is 0.922. The number of piperazine rings is 1. The minimum atomic E-state index is 0. The smallest absolute Gasteiger partial charge is 0.0320 e. The number of hydrogen-bond donors (Lipinski definition) is 1.